The van der Waals surface area contributed by atoms with Crippen molar-refractivity contribution in [2.75, 3.05) is 0 Å². The van der Waals surface area contributed by atoms with Gasteiger partial charge in [0.2, 0.25) is 0 Å². The molecule has 7 heteroatoms. The van der Waals surface area contributed by atoms with Crippen molar-refractivity contribution in [3.8, 4) is 5.69 Å². The van der Waals surface area contributed by atoms with Gasteiger partial charge in [-0.15, -0.1) is 5.10 Å². The van der Waals surface area contributed by atoms with Crippen LogP contribution in [0.25, 0.3) is 16.9 Å². The molecule has 84 valence electrons. The molecule has 0 unspecified atom stereocenters. The van der Waals surface area contributed by atoms with Crippen molar-refractivity contribution < 1.29 is 0 Å². The van der Waals surface area contributed by atoms with E-state index in [0.717, 1.165) is 5.69 Å². The maximum Gasteiger partial charge on any atom is 0.188 e. The zero-order valence-electron chi connectivity index (χ0n) is 8.38. The molecule has 1 aromatic carbocycles. The molecule has 0 saturated heterocycles. The Balaban J connectivity index is 2.24. The topological polar surface area (TPSA) is 56.5 Å². The van der Waals surface area contributed by atoms with E-state index in [9.17, 15) is 0 Å². The molecule has 3 aromatic rings. The van der Waals surface area contributed by atoms with Gasteiger partial charge in [-0.2, -0.15) is 4.68 Å². The van der Waals surface area contributed by atoms with Gasteiger partial charge in [0.15, 0.2) is 16.3 Å². The Labute approximate surface area is 106 Å². The van der Waals surface area contributed by atoms with Crippen LogP contribution in [-0.4, -0.2) is 25.0 Å². The molecule has 0 aliphatic rings. The van der Waals surface area contributed by atoms with Gasteiger partial charge < -0.3 is 0 Å². The predicted molar refractivity (Wildman–Crippen MR) is 64.5 cm³/mol. The molecule has 0 saturated carbocycles. The van der Waals surface area contributed by atoms with Crippen LogP contribution in [0.5, 0.6) is 0 Å². The number of benzene rings is 1. The molecular weight excluding hydrogens is 261 g/mol. The van der Waals surface area contributed by atoms with E-state index in [1.165, 1.54) is 6.33 Å². The van der Waals surface area contributed by atoms with Crippen LogP contribution >= 0.6 is 23.2 Å². The molecular formula is C10H5Cl2N5. The summed E-state index contributed by atoms with van der Waals surface area (Å²) in [7, 11) is 0. The number of hydrogen-bond donors (Lipinski definition) is 0. The highest BCUT2D eigenvalue weighted by Gasteiger charge is 2.11. The van der Waals surface area contributed by atoms with Gasteiger partial charge in [0.05, 0.1) is 5.69 Å². The summed E-state index contributed by atoms with van der Waals surface area (Å²) in [6, 6.07) is 7.19. The van der Waals surface area contributed by atoms with Gasteiger partial charge in [-0.25, -0.2) is 9.97 Å². The third-order valence-corrected chi connectivity index (χ3v) is 2.79. The van der Waals surface area contributed by atoms with Gasteiger partial charge in [-0.05, 0) is 24.3 Å². The third-order valence-electron chi connectivity index (χ3n) is 2.26. The largest absolute Gasteiger partial charge is 0.222 e. The zero-order valence-corrected chi connectivity index (χ0v) is 9.89. The van der Waals surface area contributed by atoms with E-state index in [0.29, 0.717) is 16.2 Å². The number of hydrogen-bond acceptors (Lipinski definition) is 4. The lowest BCUT2D eigenvalue weighted by molar-refractivity contribution is 0.817. The lowest BCUT2D eigenvalue weighted by atomic mass is 10.3. The fourth-order valence-corrected chi connectivity index (χ4v) is 1.77. The summed E-state index contributed by atoms with van der Waals surface area (Å²) in [6.45, 7) is 0. The van der Waals surface area contributed by atoms with Crippen LogP contribution in [0.4, 0.5) is 0 Å². The number of halogens is 2. The van der Waals surface area contributed by atoms with E-state index in [2.05, 4.69) is 20.3 Å². The van der Waals surface area contributed by atoms with E-state index in [1.54, 1.807) is 16.8 Å². The molecule has 2 heterocycles. The Morgan fingerprint density at radius 2 is 1.76 bits per heavy atom. The average molecular weight is 266 g/mol. The number of nitrogens with zero attached hydrogens (tertiary/aromatic N) is 5. The third kappa shape index (κ3) is 1.73. The Hall–Kier alpha value is -1.72. The van der Waals surface area contributed by atoms with Gasteiger partial charge in [0.1, 0.15) is 6.33 Å². The van der Waals surface area contributed by atoms with E-state index >= 15 is 0 Å². The second-order valence-corrected chi connectivity index (χ2v) is 4.11. The van der Waals surface area contributed by atoms with E-state index in [-0.39, 0.29) is 5.15 Å². The van der Waals surface area contributed by atoms with Crippen molar-refractivity contribution in [3.63, 3.8) is 0 Å². The van der Waals surface area contributed by atoms with Crippen molar-refractivity contribution >= 4 is 34.4 Å². The van der Waals surface area contributed by atoms with Gasteiger partial charge >= 0.3 is 0 Å². The minimum absolute atomic E-state index is 0.287. The fraction of sp³-hybridized carbons (Fsp3) is 0. The van der Waals surface area contributed by atoms with Crippen LogP contribution in [0.2, 0.25) is 10.2 Å². The Morgan fingerprint density at radius 1 is 1.00 bits per heavy atom. The summed E-state index contributed by atoms with van der Waals surface area (Å²) >= 11 is 11.7. The van der Waals surface area contributed by atoms with Crippen molar-refractivity contribution in [3.05, 3.63) is 40.8 Å². The molecule has 0 radical (unpaired) electrons. The summed E-state index contributed by atoms with van der Waals surface area (Å²) in [5.41, 5.74) is 1.85. The molecule has 2 aromatic heterocycles. The molecule has 0 fully saturated rings. The smallest absolute Gasteiger partial charge is 0.188 e. The number of aromatic nitrogens is 5. The van der Waals surface area contributed by atoms with E-state index in [1.807, 2.05) is 12.1 Å². The highest BCUT2D eigenvalue weighted by atomic mass is 35.5. The number of fused-ring (bicyclic) bond motifs is 1. The van der Waals surface area contributed by atoms with Gasteiger partial charge in [-0.3, -0.25) is 0 Å². The Bertz CT molecular complexity index is 677. The Kier molecular flexibility index (Phi) is 2.42. The van der Waals surface area contributed by atoms with Gasteiger partial charge in [0.25, 0.3) is 0 Å². The van der Waals surface area contributed by atoms with Crippen LogP contribution in [0.3, 0.4) is 0 Å². The maximum atomic E-state index is 5.90. The summed E-state index contributed by atoms with van der Waals surface area (Å²) in [6.07, 6.45) is 1.38. The first-order valence-electron chi connectivity index (χ1n) is 4.73. The van der Waals surface area contributed by atoms with Crippen LogP contribution in [0.1, 0.15) is 0 Å². The van der Waals surface area contributed by atoms with Crippen molar-refractivity contribution in [1.29, 1.82) is 0 Å². The molecule has 0 atom stereocenters. The monoisotopic (exact) mass is 265 g/mol. The molecule has 5 nitrogen and oxygen atoms in total. The first kappa shape index (κ1) is 10.4. The summed E-state index contributed by atoms with van der Waals surface area (Å²) in [4.78, 5) is 7.96. The summed E-state index contributed by atoms with van der Waals surface area (Å²) in [5.74, 6) is 0. The van der Waals surface area contributed by atoms with Crippen LogP contribution in [0, 0.1) is 0 Å². The van der Waals surface area contributed by atoms with Crippen molar-refractivity contribution in [2.24, 2.45) is 0 Å². The lowest BCUT2D eigenvalue weighted by Gasteiger charge is -2.00. The molecule has 0 aliphatic carbocycles. The molecule has 0 N–H and O–H groups in total. The van der Waals surface area contributed by atoms with Gasteiger partial charge in [0, 0.05) is 5.02 Å². The van der Waals surface area contributed by atoms with Crippen LogP contribution in [0.15, 0.2) is 30.6 Å². The fourth-order valence-electron chi connectivity index (χ4n) is 1.48. The normalized spacial score (nSPS) is 10.9. The Morgan fingerprint density at radius 3 is 2.53 bits per heavy atom. The SMILES string of the molecule is Clc1ccc(-n2nnc3c(Cl)ncnc32)cc1. The second-order valence-electron chi connectivity index (χ2n) is 3.31. The summed E-state index contributed by atoms with van der Waals surface area (Å²) in [5, 5.41) is 8.88. The second kappa shape index (κ2) is 3.94. The highest BCUT2D eigenvalue weighted by molar-refractivity contribution is 6.33. The quantitative estimate of drug-likeness (QED) is 0.635. The van der Waals surface area contributed by atoms with Crippen molar-refractivity contribution in [1.82, 2.24) is 25.0 Å². The van der Waals surface area contributed by atoms with Crippen LogP contribution < -0.4 is 0 Å². The summed E-state index contributed by atoms with van der Waals surface area (Å²) < 4.78 is 1.58. The van der Waals surface area contributed by atoms with E-state index in [4.69, 9.17) is 23.2 Å². The standard InChI is InChI=1S/C10H5Cl2N5/c11-6-1-3-7(4-2-6)17-10-8(15-16-17)9(12)13-5-14-10/h1-5H. The maximum absolute atomic E-state index is 5.90. The van der Waals surface area contributed by atoms with Gasteiger partial charge in [-0.1, -0.05) is 28.4 Å². The minimum Gasteiger partial charge on any atom is -0.222 e. The molecule has 17 heavy (non-hydrogen) atoms. The lowest BCUT2D eigenvalue weighted by Crippen LogP contribution is -1.97. The van der Waals surface area contributed by atoms with Crippen LogP contribution in [-0.2, 0) is 0 Å². The first-order valence-corrected chi connectivity index (χ1v) is 5.49. The van der Waals surface area contributed by atoms with Crippen molar-refractivity contribution in [2.45, 2.75) is 0 Å². The molecule has 0 spiro atoms. The molecule has 0 aliphatic heterocycles. The van der Waals surface area contributed by atoms with E-state index < -0.39 is 0 Å². The predicted octanol–water partition coefficient (Wildman–Crippen LogP) is 2.52. The minimum atomic E-state index is 0.287. The molecule has 0 bridgehead atoms. The number of rotatable bonds is 1. The first-order chi connectivity index (χ1) is 8.25. The average Bonchev–Trinajstić information content (AvgIpc) is 2.75. The highest BCUT2D eigenvalue weighted by Crippen LogP contribution is 2.19. The molecule has 0 amide bonds. The zero-order chi connectivity index (χ0) is 11.8. The molecule has 3 rings (SSSR count).